The second kappa shape index (κ2) is 3.97. The predicted octanol–water partition coefficient (Wildman–Crippen LogP) is 0.663. The molecule has 94 valence electrons. The normalized spacial score (nSPS) is 14.7. The molecule has 18 heavy (non-hydrogen) atoms. The van der Waals surface area contributed by atoms with E-state index >= 15 is 0 Å². The fourth-order valence-electron chi connectivity index (χ4n) is 2.39. The van der Waals surface area contributed by atoms with Crippen molar-refractivity contribution in [3.8, 4) is 0 Å². The van der Waals surface area contributed by atoms with Gasteiger partial charge in [-0.1, -0.05) is 0 Å². The second-order valence-electron chi connectivity index (χ2n) is 4.65. The Morgan fingerprint density at radius 2 is 2.17 bits per heavy atom. The highest BCUT2D eigenvalue weighted by Gasteiger charge is 2.21. The van der Waals surface area contributed by atoms with Crippen LogP contribution in [0.15, 0.2) is 12.4 Å². The molecule has 0 atom stereocenters. The fraction of sp³-hybridized carbons (Fsp3) is 0.417. The molecule has 0 saturated carbocycles. The Bertz CT molecular complexity index is 568. The minimum absolute atomic E-state index is 0.330. The third kappa shape index (κ3) is 1.79. The topological polar surface area (TPSA) is 72.9 Å². The maximum absolute atomic E-state index is 5.70. The van der Waals surface area contributed by atoms with Crippen molar-refractivity contribution in [2.45, 2.75) is 19.9 Å². The first-order valence-corrected chi connectivity index (χ1v) is 5.98. The van der Waals surface area contributed by atoms with Gasteiger partial charge in [0, 0.05) is 37.5 Å². The minimum Gasteiger partial charge on any atom is -0.368 e. The Labute approximate surface area is 105 Å². The van der Waals surface area contributed by atoms with E-state index in [1.54, 1.807) is 0 Å². The zero-order chi connectivity index (χ0) is 12.7. The molecule has 0 bridgehead atoms. The van der Waals surface area contributed by atoms with E-state index in [0.29, 0.717) is 5.95 Å². The van der Waals surface area contributed by atoms with Gasteiger partial charge in [-0.2, -0.15) is 4.98 Å². The van der Waals surface area contributed by atoms with Gasteiger partial charge in [-0.15, -0.1) is 0 Å². The molecule has 0 amide bonds. The summed E-state index contributed by atoms with van der Waals surface area (Å²) in [5.41, 5.74) is 9.02. The first kappa shape index (κ1) is 11.0. The number of aromatic nitrogens is 4. The SMILES string of the molecule is Cc1cc(N2CCc3c(ncn3C)C2)nc(N)n1. The van der Waals surface area contributed by atoms with Gasteiger partial charge in [0.05, 0.1) is 18.6 Å². The van der Waals surface area contributed by atoms with Gasteiger partial charge in [-0.3, -0.25) is 0 Å². The van der Waals surface area contributed by atoms with Crippen LogP contribution in [0.4, 0.5) is 11.8 Å². The number of nitrogens with two attached hydrogens (primary N) is 1. The van der Waals surface area contributed by atoms with Crippen LogP contribution in [-0.4, -0.2) is 26.1 Å². The van der Waals surface area contributed by atoms with E-state index in [-0.39, 0.29) is 0 Å². The van der Waals surface area contributed by atoms with Crippen LogP contribution >= 0.6 is 0 Å². The second-order valence-corrected chi connectivity index (χ2v) is 4.65. The molecule has 2 N–H and O–H groups in total. The summed E-state index contributed by atoms with van der Waals surface area (Å²) in [6.07, 6.45) is 2.85. The number of hydrogen-bond donors (Lipinski definition) is 1. The lowest BCUT2D eigenvalue weighted by atomic mass is 10.1. The average Bonchev–Trinajstić information content (AvgIpc) is 2.69. The van der Waals surface area contributed by atoms with E-state index in [1.165, 1.54) is 5.69 Å². The van der Waals surface area contributed by atoms with Crippen LogP contribution in [0.1, 0.15) is 17.1 Å². The third-order valence-corrected chi connectivity index (χ3v) is 3.29. The first-order chi connectivity index (χ1) is 8.63. The molecule has 3 rings (SSSR count). The van der Waals surface area contributed by atoms with Crippen molar-refractivity contribution in [3.63, 3.8) is 0 Å². The summed E-state index contributed by atoms with van der Waals surface area (Å²) in [6.45, 7) is 3.65. The van der Waals surface area contributed by atoms with Crippen LogP contribution in [0, 0.1) is 6.92 Å². The van der Waals surface area contributed by atoms with Crippen molar-refractivity contribution in [3.05, 3.63) is 29.5 Å². The van der Waals surface area contributed by atoms with Gasteiger partial charge in [-0.25, -0.2) is 9.97 Å². The molecule has 2 aromatic heterocycles. The van der Waals surface area contributed by atoms with Crippen molar-refractivity contribution >= 4 is 11.8 Å². The highest BCUT2D eigenvalue weighted by molar-refractivity contribution is 5.45. The number of fused-ring (bicyclic) bond motifs is 1. The number of anilines is 2. The minimum atomic E-state index is 0.330. The number of imidazole rings is 1. The van der Waals surface area contributed by atoms with Gasteiger partial charge in [0.2, 0.25) is 5.95 Å². The van der Waals surface area contributed by atoms with Gasteiger partial charge < -0.3 is 15.2 Å². The van der Waals surface area contributed by atoms with E-state index in [4.69, 9.17) is 5.73 Å². The summed E-state index contributed by atoms with van der Waals surface area (Å²) in [6, 6.07) is 1.96. The van der Waals surface area contributed by atoms with Crippen LogP contribution in [-0.2, 0) is 20.0 Å². The molecular weight excluding hydrogens is 228 g/mol. The molecule has 0 aromatic carbocycles. The zero-order valence-corrected chi connectivity index (χ0v) is 10.6. The summed E-state index contributed by atoms with van der Waals surface area (Å²) in [5.74, 6) is 1.22. The van der Waals surface area contributed by atoms with Crippen molar-refractivity contribution in [2.75, 3.05) is 17.2 Å². The molecule has 0 aliphatic carbocycles. The number of hydrogen-bond acceptors (Lipinski definition) is 5. The molecule has 1 aliphatic rings. The Kier molecular flexibility index (Phi) is 2.43. The first-order valence-electron chi connectivity index (χ1n) is 5.98. The Morgan fingerprint density at radius 1 is 1.33 bits per heavy atom. The molecular formula is C12H16N6. The summed E-state index contributed by atoms with van der Waals surface area (Å²) in [5, 5.41) is 0. The Balaban J connectivity index is 1.91. The van der Waals surface area contributed by atoms with Gasteiger partial charge in [0.15, 0.2) is 0 Å². The van der Waals surface area contributed by atoms with E-state index in [1.807, 2.05) is 26.4 Å². The van der Waals surface area contributed by atoms with Crippen LogP contribution in [0.25, 0.3) is 0 Å². The molecule has 0 unspecified atom stereocenters. The molecule has 0 saturated heterocycles. The highest BCUT2D eigenvalue weighted by Crippen LogP contribution is 2.22. The summed E-state index contributed by atoms with van der Waals surface area (Å²) in [7, 11) is 2.04. The molecule has 2 aromatic rings. The largest absolute Gasteiger partial charge is 0.368 e. The lowest BCUT2D eigenvalue weighted by Crippen LogP contribution is -2.32. The van der Waals surface area contributed by atoms with Gasteiger partial charge in [0.25, 0.3) is 0 Å². The van der Waals surface area contributed by atoms with E-state index in [2.05, 4.69) is 24.4 Å². The molecule has 6 nitrogen and oxygen atoms in total. The summed E-state index contributed by atoms with van der Waals surface area (Å²) in [4.78, 5) is 15.0. The van der Waals surface area contributed by atoms with Crippen LogP contribution in [0.3, 0.4) is 0 Å². The third-order valence-electron chi connectivity index (χ3n) is 3.29. The quantitative estimate of drug-likeness (QED) is 0.798. The van der Waals surface area contributed by atoms with Gasteiger partial charge >= 0.3 is 0 Å². The molecule has 3 heterocycles. The Hall–Kier alpha value is -2.11. The van der Waals surface area contributed by atoms with Crippen LogP contribution in [0.5, 0.6) is 0 Å². The molecule has 0 spiro atoms. The zero-order valence-electron chi connectivity index (χ0n) is 10.6. The standard InChI is InChI=1S/C12H16N6/c1-8-5-11(16-12(13)15-8)18-4-3-10-9(6-18)14-7-17(10)2/h5,7H,3-4,6H2,1-2H3,(H2,13,15,16). The summed E-state index contributed by atoms with van der Waals surface area (Å²) < 4.78 is 2.09. The maximum atomic E-state index is 5.70. The Morgan fingerprint density at radius 3 is 2.94 bits per heavy atom. The van der Waals surface area contributed by atoms with Crippen LogP contribution < -0.4 is 10.6 Å². The van der Waals surface area contributed by atoms with Crippen molar-refractivity contribution < 1.29 is 0 Å². The van der Waals surface area contributed by atoms with E-state index < -0.39 is 0 Å². The van der Waals surface area contributed by atoms with Crippen LogP contribution in [0.2, 0.25) is 0 Å². The number of nitrogens with zero attached hydrogens (tertiary/aromatic N) is 5. The maximum Gasteiger partial charge on any atom is 0.222 e. The predicted molar refractivity (Wildman–Crippen MR) is 69.1 cm³/mol. The van der Waals surface area contributed by atoms with Crippen molar-refractivity contribution in [2.24, 2.45) is 7.05 Å². The monoisotopic (exact) mass is 244 g/mol. The average molecular weight is 244 g/mol. The summed E-state index contributed by atoms with van der Waals surface area (Å²) >= 11 is 0. The lowest BCUT2D eigenvalue weighted by molar-refractivity contribution is 0.675. The van der Waals surface area contributed by atoms with E-state index in [0.717, 1.165) is 36.7 Å². The molecule has 1 aliphatic heterocycles. The van der Waals surface area contributed by atoms with E-state index in [9.17, 15) is 0 Å². The van der Waals surface area contributed by atoms with Gasteiger partial charge in [-0.05, 0) is 6.92 Å². The molecule has 6 heteroatoms. The molecule has 0 radical (unpaired) electrons. The van der Waals surface area contributed by atoms with Crippen molar-refractivity contribution in [1.82, 2.24) is 19.5 Å². The smallest absolute Gasteiger partial charge is 0.222 e. The fourth-order valence-corrected chi connectivity index (χ4v) is 2.39. The van der Waals surface area contributed by atoms with Gasteiger partial charge in [0.1, 0.15) is 5.82 Å². The molecule has 0 fully saturated rings. The lowest BCUT2D eigenvalue weighted by Gasteiger charge is -2.27. The number of aryl methyl sites for hydroxylation is 2. The number of rotatable bonds is 1. The van der Waals surface area contributed by atoms with Crippen molar-refractivity contribution in [1.29, 1.82) is 0 Å². The highest BCUT2D eigenvalue weighted by atomic mass is 15.2. The number of nitrogen functional groups attached to an aromatic ring is 1.